The monoisotopic (exact) mass is 323 g/mol. The highest BCUT2D eigenvalue weighted by Crippen LogP contribution is 2.23. The van der Waals surface area contributed by atoms with Crippen molar-refractivity contribution in [1.82, 2.24) is 5.32 Å². The zero-order valence-corrected chi connectivity index (χ0v) is 14.6. The minimum Gasteiger partial charge on any atom is -0.336 e. The fraction of sp³-hybridized carbons (Fsp3) is 0.500. The summed E-state index contributed by atoms with van der Waals surface area (Å²) in [5.74, 6) is 0.388. The van der Waals surface area contributed by atoms with Crippen molar-refractivity contribution >= 4 is 35.1 Å². The molecular formula is C16H25N3O2S. The van der Waals surface area contributed by atoms with E-state index in [2.05, 4.69) is 36.7 Å². The molecule has 0 unspecified atom stereocenters. The first-order valence-corrected chi connectivity index (χ1v) is 8.25. The molecule has 0 spiro atoms. The van der Waals surface area contributed by atoms with E-state index in [1.54, 1.807) is 36.0 Å². The number of nitrogens with one attached hydrogen (secondary N) is 3. The smallest absolute Gasteiger partial charge is 0.319 e. The van der Waals surface area contributed by atoms with Gasteiger partial charge in [-0.05, 0) is 38.1 Å². The molecule has 0 saturated heterocycles. The number of carbonyl (C=O) groups is 2. The molecule has 1 rings (SSSR count). The molecule has 0 saturated carbocycles. The van der Waals surface area contributed by atoms with E-state index in [1.165, 1.54) is 0 Å². The van der Waals surface area contributed by atoms with Crippen LogP contribution in [0.4, 0.5) is 16.2 Å². The van der Waals surface area contributed by atoms with E-state index in [1.807, 2.05) is 13.8 Å². The molecule has 3 amide bonds. The summed E-state index contributed by atoms with van der Waals surface area (Å²) in [6, 6.07) is 6.89. The van der Waals surface area contributed by atoms with E-state index in [0.717, 1.165) is 0 Å². The van der Waals surface area contributed by atoms with E-state index in [9.17, 15) is 9.59 Å². The van der Waals surface area contributed by atoms with Gasteiger partial charge in [0.05, 0.1) is 5.75 Å². The number of anilines is 2. The fourth-order valence-electron chi connectivity index (χ4n) is 1.55. The molecule has 5 nitrogen and oxygen atoms in total. The average Bonchev–Trinajstić information content (AvgIpc) is 2.37. The molecule has 0 bridgehead atoms. The summed E-state index contributed by atoms with van der Waals surface area (Å²) in [7, 11) is 0. The van der Waals surface area contributed by atoms with Crippen LogP contribution in [0.25, 0.3) is 0 Å². The molecule has 0 aliphatic rings. The predicted molar refractivity (Wildman–Crippen MR) is 94.6 cm³/mol. The van der Waals surface area contributed by atoms with Crippen molar-refractivity contribution in [2.75, 3.05) is 16.4 Å². The van der Waals surface area contributed by atoms with Crippen molar-refractivity contribution in [3.8, 4) is 0 Å². The van der Waals surface area contributed by atoms with Gasteiger partial charge in [0.25, 0.3) is 0 Å². The van der Waals surface area contributed by atoms with Crippen LogP contribution in [-0.4, -0.2) is 28.5 Å². The average molecular weight is 323 g/mol. The lowest BCUT2D eigenvalue weighted by Gasteiger charge is -2.17. The van der Waals surface area contributed by atoms with Gasteiger partial charge in [-0.15, -0.1) is 11.8 Å². The van der Waals surface area contributed by atoms with Gasteiger partial charge in [0.2, 0.25) is 5.91 Å². The molecule has 0 aliphatic heterocycles. The Balaban J connectivity index is 2.48. The Morgan fingerprint density at radius 3 is 2.00 bits per heavy atom. The van der Waals surface area contributed by atoms with Gasteiger partial charge < -0.3 is 16.0 Å². The second-order valence-corrected chi connectivity index (χ2v) is 8.08. The molecule has 22 heavy (non-hydrogen) atoms. The second-order valence-electron chi connectivity index (χ2n) is 6.28. The first kappa shape index (κ1) is 18.4. The number of benzene rings is 1. The molecule has 0 aromatic heterocycles. The van der Waals surface area contributed by atoms with Crippen LogP contribution >= 0.6 is 11.8 Å². The quantitative estimate of drug-likeness (QED) is 0.774. The van der Waals surface area contributed by atoms with E-state index < -0.39 is 0 Å². The highest BCUT2D eigenvalue weighted by molar-refractivity contribution is 8.01. The Labute approximate surface area is 136 Å². The van der Waals surface area contributed by atoms with Crippen LogP contribution in [0.15, 0.2) is 24.3 Å². The van der Waals surface area contributed by atoms with Crippen LogP contribution in [-0.2, 0) is 4.79 Å². The van der Waals surface area contributed by atoms with Crippen molar-refractivity contribution in [3.05, 3.63) is 24.3 Å². The maximum atomic E-state index is 11.8. The van der Waals surface area contributed by atoms with Crippen LogP contribution < -0.4 is 16.0 Å². The molecule has 0 heterocycles. The maximum absolute atomic E-state index is 11.8. The summed E-state index contributed by atoms with van der Waals surface area (Å²) in [5, 5.41) is 8.32. The Bertz CT molecular complexity index is 507. The fourth-order valence-corrected chi connectivity index (χ4v) is 2.18. The largest absolute Gasteiger partial charge is 0.336 e. The van der Waals surface area contributed by atoms with E-state index in [0.29, 0.717) is 17.1 Å². The highest BCUT2D eigenvalue weighted by atomic mass is 32.2. The maximum Gasteiger partial charge on any atom is 0.319 e. The van der Waals surface area contributed by atoms with Crippen molar-refractivity contribution in [2.45, 2.75) is 45.4 Å². The molecule has 3 N–H and O–H groups in total. The molecule has 122 valence electrons. The van der Waals surface area contributed by atoms with Gasteiger partial charge in [0, 0.05) is 22.2 Å². The first-order valence-electron chi connectivity index (χ1n) is 7.27. The summed E-state index contributed by atoms with van der Waals surface area (Å²) in [6.45, 7) is 10.0. The van der Waals surface area contributed by atoms with Gasteiger partial charge in [-0.2, -0.15) is 0 Å². The zero-order chi connectivity index (χ0) is 16.8. The lowest BCUT2D eigenvalue weighted by Crippen LogP contribution is -2.34. The number of urea groups is 1. The summed E-state index contributed by atoms with van der Waals surface area (Å²) in [6.07, 6.45) is 0. The topological polar surface area (TPSA) is 70.2 Å². The summed E-state index contributed by atoms with van der Waals surface area (Å²) in [5.41, 5.74) is 1.40. The first-order chi connectivity index (χ1) is 10.2. The summed E-state index contributed by atoms with van der Waals surface area (Å²) in [4.78, 5) is 23.4. The van der Waals surface area contributed by atoms with Gasteiger partial charge in [0.1, 0.15) is 0 Å². The molecule has 0 radical (unpaired) electrons. The number of amides is 3. The molecule has 0 fully saturated rings. The number of hydrogen-bond acceptors (Lipinski definition) is 3. The standard InChI is InChI=1S/C16H25N3O2S/c1-11(2)17-15(21)19-13-8-6-12(7-9-13)18-14(20)10-22-16(3,4)5/h6-9,11H,10H2,1-5H3,(H,18,20)(H2,17,19,21). The molecule has 1 aromatic rings. The van der Waals surface area contributed by atoms with Gasteiger partial charge in [0.15, 0.2) is 0 Å². The minimum absolute atomic E-state index is 0.0295. The lowest BCUT2D eigenvalue weighted by molar-refractivity contribution is -0.113. The van der Waals surface area contributed by atoms with E-state index >= 15 is 0 Å². The summed E-state index contributed by atoms with van der Waals surface area (Å²) >= 11 is 1.60. The number of hydrogen-bond donors (Lipinski definition) is 3. The Morgan fingerprint density at radius 2 is 1.55 bits per heavy atom. The van der Waals surface area contributed by atoms with Crippen LogP contribution in [0.2, 0.25) is 0 Å². The molecule has 0 atom stereocenters. The third kappa shape index (κ3) is 7.93. The molecular weight excluding hydrogens is 298 g/mol. The number of rotatable bonds is 5. The third-order valence-corrected chi connectivity index (χ3v) is 3.76. The van der Waals surface area contributed by atoms with Gasteiger partial charge in [-0.3, -0.25) is 4.79 Å². The van der Waals surface area contributed by atoms with Crippen molar-refractivity contribution in [1.29, 1.82) is 0 Å². The number of carbonyl (C=O) groups excluding carboxylic acids is 2. The lowest BCUT2D eigenvalue weighted by atomic mass is 10.3. The summed E-state index contributed by atoms with van der Waals surface area (Å²) < 4.78 is 0.0644. The Morgan fingerprint density at radius 1 is 1.05 bits per heavy atom. The van der Waals surface area contributed by atoms with Crippen LogP contribution in [0.5, 0.6) is 0 Å². The molecule has 6 heteroatoms. The SMILES string of the molecule is CC(C)NC(=O)Nc1ccc(NC(=O)CSC(C)(C)C)cc1. The van der Waals surface area contributed by atoms with E-state index in [4.69, 9.17) is 0 Å². The van der Waals surface area contributed by atoms with Gasteiger partial charge in [-0.25, -0.2) is 4.79 Å². The minimum atomic E-state index is -0.242. The predicted octanol–water partition coefficient (Wildman–Crippen LogP) is 3.69. The van der Waals surface area contributed by atoms with Crippen molar-refractivity contribution < 1.29 is 9.59 Å². The Hall–Kier alpha value is -1.69. The number of thioether (sulfide) groups is 1. The second kappa shape index (κ2) is 8.08. The van der Waals surface area contributed by atoms with Crippen molar-refractivity contribution in [2.24, 2.45) is 0 Å². The normalized spacial score (nSPS) is 11.2. The van der Waals surface area contributed by atoms with Crippen LogP contribution in [0.3, 0.4) is 0 Å². The van der Waals surface area contributed by atoms with E-state index in [-0.39, 0.29) is 22.7 Å². The third-order valence-electron chi connectivity index (χ3n) is 2.48. The van der Waals surface area contributed by atoms with Crippen LogP contribution in [0, 0.1) is 0 Å². The van der Waals surface area contributed by atoms with Crippen molar-refractivity contribution in [3.63, 3.8) is 0 Å². The van der Waals surface area contributed by atoms with Crippen LogP contribution in [0.1, 0.15) is 34.6 Å². The zero-order valence-electron chi connectivity index (χ0n) is 13.8. The molecule has 1 aromatic carbocycles. The molecule has 0 aliphatic carbocycles. The Kier molecular flexibility index (Phi) is 6.74. The van der Waals surface area contributed by atoms with Gasteiger partial charge in [-0.1, -0.05) is 20.8 Å². The van der Waals surface area contributed by atoms with Gasteiger partial charge >= 0.3 is 6.03 Å². The highest BCUT2D eigenvalue weighted by Gasteiger charge is 2.13.